The molecule has 1 aliphatic rings. The third-order valence-corrected chi connectivity index (χ3v) is 4.60. The lowest BCUT2D eigenvalue weighted by Gasteiger charge is -2.31. The quantitative estimate of drug-likeness (QED) is 0.821. The summed E-state index contributed by atoms with van der Waals surface area (Å²) in [5.74, 6) is -0.156. The van der Waals surface area contributed by atoms with E-state index in [0.717, 1.165) is 25.0 Å². The second kappa shape index (κ2) is 8.33. The third kappa shape index (κ3) is 4.05. The van der Waals surface area contributed by atoms with Crippen molar-refractivity contribution < 1.29 is 14.3 Å². The first-order chi connectivity index (χ1) is 12.6. The van der Waals surface area contributed by atoms with Gasteiger partial charge >= 0.3 is 0 Å². The van der Waals surface area contributed by atoms with Gasteiger partial charge < -0.3 is 14.8 Å². The van der Waals surface area contributed by atoms with E-state index in [0.29, 0.717) is 24.5 Å². The highest BCUT2D eigenvalue weighted by Crippen LogP contribution is 2.13. The van der Waals surface area contributed by atoms with Gasteiger partial charge in [0.25, 0.3) is 11.5 Å². The smallest absolute Gasteiger partial charge is 0.271 e. The van der Waals surface area contributed by atoms with Crippen LogP contribution in [0.5, 0.6) is 0 Å². The largest absolute Gasteiger partial charge is 0.379 e. The molecule has 2 aromatic rings. The molecule has 26 heavy (non-hydrogen) atoms. The van der Waals surface area contributed by atoms with Crippen LogP contribution in [0.4, 0.5) is 0 Å². The standard InChI is InChI=1S/C19H25N3O4/c1-3-4-14-11-18(23)22(21-14)15-7-5-13(6-8-15)19(24)20-16-9-10-26-12-17(16)25-2/h5-8,11,16-17,21H,3-4,9-10,12H2,1-2H3,(H,20,24). The summed E-state index contributed by atoms with van der Waals surface area (Å²) in [7, 11) is 1.62. The van der Waals surface area contributed by atoms with E-state index in [4.69, 9.17) is 9.47 Å². The molecule has 0 aliphatic carbocycles. The van der Waals surface area contributed by atoms with E-state index in [9.17, 15) is 9.59 Å². The van der Waals surface area contributed by atoms with Crippen LogP contribution in [0.2, 0.25) is 0 Å². The van der Waals surface area contributed by atoms with Gasteiger partial charge in [-0.2, -0.15) is 0 Å². The van der Waals surface area contributed by atoms with Crippen LogP contribution in [-0.4, -0.2) is 48.2 Å². The number of amides is 1. The topological polar surface area (TPSA) is 85.3 Å². The molecule has 0 bridgehead atoms. The number of hydrogen-bond donors (Lipinski definition) is 2. The minimum Gasteiger partial charge on any atom is -0.379 e. The number of methoxy groups -OCH3 is 1. The molecule has 0 radical (unpaired) electrons. The molecule has 0 spiro atoms. The Bertz CT molecular complexity index is 794. The molecule has 1 aliphatic heterocycles. The minimum absolute atomic E-state index is 0.0662. The van der Waals surface area contributed by atoms with Gasteiger partial charge in [0.05, 0.1) is 18.3 Å². The lowest BCUT2D eigenvalue weighted by Crippen LogP contribution is -2.49. The maximum absolute atomic E-state index is 12.5. The normalized spacial score (nSPS) is 20.1. The van der Waals surface area contributed by atoms with Crippen molar-refractivity contribution in [1.82, 2.24) is 15.1 Å². The number of nitrogens with zero attached hydrogens (tertiary/aromatic N) is 1. The Morgan fingerprint density at radius 2 is 2.15 bits per heavy atom. The second-order valence-corrected chi connectivity index (χ2v) is 6.47. The van der Waals surface area contributed by atoms with Crippen LogP contribution >= 0.6 is 0 Å². The van der Waals surface area contributed by atoms with E-state index in [1.807, 2.05) is 0 Å². The molecule has 140 valence electrons. The number of H-pyrrole nitrogens is 1. The van der Waals surface area contributed by atoms with Crippen molar-refractivity contribution in [3.05, 3.63) is 51.9 Å². The summed E-state index contributed by atoms with van der Waals surface area (Å²) < 4.78 is 12.2. The van der Waals surface area contributed by atoms with Crippen molar-refractivity contribution in [3.8, 4) is 5.69 Å². The molecule has 2 N–H and O–H groups in total. The summed E-state index contributed by atoms with van der Waals surface area (Å²) in [5.41, 5.74) is 2.05. The lowest BCUT2D eigenvalue weighted by atomic mass is 10.1. The van der Waals surface area contributed by atoms with Crippen LogP contribution in [0, 0.1) is 0 Å². The maximum atomic E-state index is 12.5. The maximum Gasteiger partial charge on any atom is 0.271 e. The molecule has 1 aromatic carbocycles. The SMILES string of the molecule is CCCc1cc(=O)n(-c2ccc(C(=O)NC3CCOCC3OC)cc2)[nH]1. The fraction of sp³-hybridized carbons (Fsp3) is 0.474. The van der Waals surface area contributed by atoms with Crippen LogP contribution < -0.4 is 10.9 Å². The number of aromatic nitrogens is 2. The van der Waals surface area contributed by atoms with Gasteiger partial charge in [-0.25, -0.2) is 4.68 Å². The average Bonchev–Trinajstić information content (AvgIpc) is 3.03. The third-order valence-electron chi connectivity index (χ3n) is 4.60. The number of carbonyl (C=O) groups excluding carboxylic acids is 1. The van der Waals surface area contributed by atoms with E-state index < -0.39 is 0 Å². The Labute approximate surface area is 152 Å². The summed E-state index contributed by atoms with van der Waals surface area (Å²) in [6.45, 7) is 3.16. The molecule has 1 amide bonds. The van der Waals surface area contributed by atoms with E-state index in [2.05, 4.69) is 17.3 Å². The Balaban J connectivity index is 1.71. The molecule has 2 unspecified atom stereocenters. The van der Waals surface area contributed by atoms with E-state index >= 15 is 0 Å². The number of rotatable bonds is 6. The van der Waals surface area contributed by atoms with E-state index in [-0.39, 0.29) is 23.6 Å². The first-order valence-electron chi connectivity index (χ1n) is 8.95. The summed E-state index contributed by atoms with van der Waals surface area (Å²) in [4.78, 5) is 24.6. The molecule has 7 nitrogen and oxygen atoms in total. The summed E-state index contributed by atoms with van der Waals surface area (Å²) in [6, 6.07) is 8.52. The molecule has 1 saturated heterocycles. The molecule has 0 saturated carbocycles. The Morgan fingerprint density at radius 3 is 2.85 bits per heavy atom. The van der Waals surface area contributed by atoms with Crippen LogP contribution in [0.1, 0.15) is 35.8 Å². The number of aromatic amines is 1. The molecule has 3 rings (SSSR count). The summed E-state index contributed by atoms with van der Waals surface area (Å²) in [6.07, 6.45) is 2.38. The van der Waals surface area contributed by atoms with Gasteiger partial charge in [-0.1, -0.05) is 13.3 Å². The minimum atomic E-state index is -0.156. The first-order valence-corrected chi connectivity index (χ1v) is 8.95. The van der Waals surface area contributed by atoms with Gasteiger partial charge in [-0.3, -0.25) is 14.7 Å². The highest BCUT2D eigenvalue weighted by molar-refractivity contribution is 5.94. The number of nitrogens with one attached hydrogen (secondary N) is 2. The highest BCUT2D eigenvalue weighted by Gasteiger charge is 2.27. The number of ether oxygens (including phenoxy) is 2. The molecule has 7 heteroatoms. The monoisotopic (exact) mass is 359 g/mol. The van der Waals surface area contributed by atoms with Crippen molar-refractivity contribution in [2.75, 3.05) is 20.3 Å². The molecular formula is C19H25N3O4. The van der Waals surface area contributed by atoms with Crippen molar-refractivity contribution in [2.45, 2.75) is 38.3 Å². The van der Waals surface area contributed by atoms with Crippen molar-refractivity contribution >= 4 is 5.91 Å². The number of aryl methyl sites for hydroxylation is 1. The van der Waals surface area contributed by atoms with Gasteiger partial charge in [0.2, 0.25) is 0 Å². The van der Waals surface area contributed by atoms with Gasteiger partial charge in [0, 0.05) is 31.0 Å². The average molecular weight is 359 g/mol. The van der Waals surface area contributed by atoms with Crippen LogP contribution in [0.25, 0.3) is 5.69 Å². The number of carbonyl (C=O) groups is 1. The highest BCUT2D eigenvalue weighted by atomic mass is 16.5. The Hall–Kier alpha value is -2.38. The van der Waals surface area contributed by atoms with Gasteiger partial charge in [0.15, 0.2) is 0 Å². The fourth-order valence-corrected chi connectivity index (χ4v) is 3.16. The van der Waals surface area contributed by atoms with Crippen molar-refractivity contribution in [2.24, 2.45) is 0 Å². The van der Waals surface area contributed by atoms with Gasteiger partial charge in [-0.15, -0.1) is 0 Å². The zero-order valence-electron chi connectivity index (χ0n) is 15.2. The number of benzene rings is 1. The molecule has 1 fully saturated rings. The van der Waals surface area contributed by atoms with Crippen LogP contribution in [0.3, 0.4) is 0 Å². The Kier molecular flexibility index (Phi) is 5.90. The molecule has 2 heterocycles. The van der Waals surface area contributed by atoms with Crippen molar-refractivity contribution in [1.29, 1.82) is 0 Å². The summed E-state index contributed by atoms with van der Waals surface area (Å²) >= 11 is 0. The number of hydrogen-bond acceptors (Lipinski definition) is 4. The first kappa shape index (κ1) is 18.4. The second-order valence-electron chi connectivity index (χ2n) is 6.47. The lowest BCUT2D eigenvalue weighted by molar-refractivity contribution is -0.0479. The van der Waals surface area contributed by atoms with E-state index in [1.165, 1.54) is 4.68 Å². The zero-order valence-corrected chi connectivity index (χ0v) is 15.2. The van der Waals surface area contributed by atoms with Crippen LogP contribution in [0.15, 0.2) is 35.1 Å². The Morgan fingerprint density at radius 1 is 1.38 bits per heavy atom. The fourth-order valence-electron chi connectivity index (χ4n) is 3.16. The van der Waals surface area contributed by atoms with Gasteiger partial charge in [-0.05, 0) is 37.1 Å². The molecule has 1 aromatic heterocycles. The predicted octanol–water partition coefficient (Wildman–Crippen LogP) is 1.65. The molecular weight excluding hydrogens is 334 g/mol. The summed E-state index contributed by atoms with van der Waals surface area (Å²) in [5, 5.41) is 6.11. The van der Waals surface area contributed by atoms with Crippen LogP contribution in [-0.2, 0) is 15.9 Å². The van der Waals surface area contributed by atoms with Gasteiger partial charge in [0.1, 0.15) is 6.10 Å². The zero-order chi connectivity index (χ0) is 18.5. The van der Waals surface area contributed by atoms with Crippen molar-refractivity contribution in [3.63, 3.8) is 0 Å². The predicted molar refractivity (Wildman–Crippen MR) is 97.9 cm³/mol. The molecule has 2 atom stereocenters. The van der Waals surface area contributed by atoms with E-state index in [1.54, 1.807) is 37.4 Å².